The maximum Gasteiger partial charge on any atom is 0.321 e. The quantitative estimate of drug-likeness (QED) is 0.745. The molecule has 0 saturated carbocycles. The number of amides is 3. The molecule has 3 N–H and O–H groups in total. The molecule has 2 heterocycles. The van der Waals surface area contributed by atoms with Crippen molar-refractivity contribution >= 4 is 11.9 Å². The minimum atomic E-state index is -0.433. The van der Waals surface area contributed by atoms with Gasteiger partial charge in [-0.05, 0) is 26.3 Å². The van der Waals surface area contributed by atoms with Crippen molar-refractivity contribution in [2.75, 3.05) is 26.2 Å². The van der Waals surface area contributed by atoms with E-state index in [4.69, 9.17) is 0 Å². The molecule has 1 aliphatic heterocycles. The Morgan fingerprint density at radius 3 is 3.10 bits per heavy atom. The molecule has 1 fully saturated rings. The molecule has 0 spiro atoms. The zero-order chi connectivity index (χ0) is 14.4. The first-order chi connectivity index (χ1) is 9.69. The summed E-state index contributed by atoms with van der Waals surface area (Å²) in [7, 11) is 0. The predicted octanol–water partition coefficient (Wildman–Crippen LogP) is 0.435. The Morgan fingerprint density at radius 1 is 1.55 bits per heavy atom. The lowest BCUT2D eigenvalue weighted by Crippen LogP contribution is -2.46. The Kier molecular flexibility index (Phi) is 5.11. The molecule has 1 atom stereocenters. The summed E-state index contributed by atoms with van der Waals surface area (Å²) >= 11 is 0. The van der Waals surface area contributed by atoms with Gasteiger partial charge in [0.2, 0.25) is 5.91 Å². The van der Waals surface area contributed by atoms with Gasteiger partial charge in [0, 0.05) is 31.4 Å². The number of H-pyrrole nitrogens is 1. The molecule has 110 valence electrons. The van der Waals surface area contributed by atoms with Gasteiger partial charge >= 0.3 is 6.03 Å². The number of carbonyl (C=O) groups is 2. The Balaban J connectivity index is 1.81. The predicted molar refractivity (Wildman–Crippen MR) is 74.2 cm³/mol. The number of nitrogens with zero attached hydrogens (tertiary/aromatic N) is 2. The maximum atomic E-state index is 11.8. The summed E-state index contributed by atoms with van der Waals surface area (Å²) in [5.74, 6) is 1.03. The third kappa shape index (κ3) is 4.06. The largest absolute Gasteiger partial charge is 0.348 e. The SMILES string of the molecule is CCNC(=O)NC(=O)CN1CCCC(c2ncc[nH]2)C1. The second-order valence-electron chi connectivity index (χ2n) is 4.96. The van der Waals surface area contributed by atoms with Gasteiger partial charge in [0.25, 0.3) is 0 Å². The van der Waals surface area contributed by atoms with Crippen molar-refractivity contribution < 1.29 is 9.59 Å². The number of nitrogens with one attached hydrogen (secondary N) is 3. The van der Waals surface area contributed by atoms with Crippen molar-refractivity contribution in [1.29, 1.82) is 0 Å². The number of rotatable bonds is 4. The Bertz CT molecular complexity index is 446. The molecular weight excluding hydrogens is 258 g/mol. The van der Waals surface area contributed by atoms with Crippen LogP contribution in [0.2, 0.25) is 0 Å². The summed E-state index contributed by atoms with van der Waals surface area (Å²) in [6.07, 6.45) is 5.66. The Hall–Kier alpha value is -1.89. The van der Waals surface area contributed by atoms with Crippen LogP contribution in [0.1, 0.15) is 31.5 Å². The Morgan fingerprint density at radius 2 is 2.40 bits per heavy atom. The summed E-state index contributed by atoms with van der Waals surface area (Å²) in [6, 6.07) is -0.433. The van der Waals surface area contributed by atoms with Crippen LogP contribution in [-0.2, 0) is 4.79 Å². The molecule has 7 heteroatoms. The van der Waals surface area contributed by atoms with Crippen LogP contribution >= 0.6 is 0 Å². The van der Waals surface area contributed by atoms with Gasteiger partial charge in [0.05, 0.1) is 6.54 Å². The summed E-state index contributed by atoms with van der Waals surface area (Å²) in [5.41, 5.74) is 0. The van der Waals surface area contributed by atoms with Gasteiger partial charge < -0.3 is 10.3 Å². The molecule has 20 heavy (non-hydrogen) atoms. The van der Waals surface area contributed by atoms with E-state index in [1.54, 1.807) is 6.20 Å². The van der Waals surface area contributed by atoms with Crippen LogP contribution in [-0.4, -0.2) is 53.0 Å². The zero-order valence-electron chi connectivity index (χ0n) is 11.7. The number of urea groups is 1. The molecule has 1 saturated heterocycles. The van der Waals surface area contributed by atoms with Crippen LogP contribution in [0.15, 0.2) is 12.4 Å². The van der Waals surface area contributed by atoms with Crippen LogP contribution in [0.25, 0.3) is 0 Å². The third-order valence-corrected chi connectivity index (χ3v) is 3.37. The standard InChI is InChI=1S/C13H21N5O2/c1-2-14-13(20)17-11(19)9-18-7-3-4-10(8-18)12-15-5-6-16-12/h5-6,10H,2-4,7-9H2,1H3,(H,15,16)(H2,14,17,19,20). The number of hydrogen-bond acceptors (Lipinski definition) is 4. The van der Waals surface area contributed by atoms with Crippen molar-refractivity contribution in [2.45, 2.75) is 25.7 Å². The van der Waals surface area contributed by atoms with Crippen LogP contribution in [0.5, 0.6) is 0 Å². The van der Waals surface area contributed by atoms with E-state index >= 15 is 0 Å². The Labute approximate surface area is 118 Å². The topological polar surface area (TPSA) is 90.1 Å². The molecule has 3 amide bonds. The highest BCUT2D eigenvalue weighted by molar-refractivity contribution is 5.95. The fourth-order valence-electron chi connectivity index (χ4n) is 2.50. The second-order valence-corrected chi connectivity index (χ2v) is 4.96. The van der Waals surface area contributed by atoms with E-state index in [1.165, 1.54) is 0 Å². The summed E-state index contributed by atoms with van der Waals surface area (Å²) < 4.78 is 0. The fourth-order valence-corrected chi connectivity index (χ4v) is 2.50. The minimum Gasteiger partial charge on any atom is -0.348 e. The monoisotopic (exact) mass is 279 g/mol. The highest BCUT2D eigenvalue weighted by atomic mass is 16.2. The molecular formula is C13H21N5O2. The van der Waals surface area contributed by atoms with Gasteiger partial charge in [-0.2, -0.15) is 0 Å². The lowest BCUT2D eigenvalue weighted by Gasteiger charge is -2.31. The first kappa shape index (κ1) is 14.5. The van der Waals surface area contributed by atoms with Crippen molar-refractivity contribution in [1.82, 2.24) is 25.5 Å². The first-order valence-electron chi connectivity index (χ1n) is 6.98. The highest BCUT2D eigenvalue weighted by Crippen LogP contribution is 2.23. The van der Waals surface area contributed by atoms with Crippen LogP contribution in [0.4, 0.5) is 4.79 Å². The molecule has 0 aliphatic carbocycles. The van der Waals surface area contributed by atoms with Gasteiger partial charge in [-0.1, -0.05) is 0 Å². The highest BCUT2D eigenvalue weighted by Gasteiger charge is 2.24. The molecule has 1 aromatic rings. The van der Waals surface area contributed by atoms with Crippen molar-refractivity contribution in [3.8, 4) is 0 Å². The molecule has 7 nitrogen and oxygen atoms in total. The van der Waals surface area contributed by atoms with Crippen LogP contribution < -0.4 is 10.6 Å². The van der Waals surface area contributed by atoms with E-state index in [9.17, 15) is 9.59 Å². The number of imidazole rings is 1. The zero-order valence-corrected chi connectivity index (χ0v) is 11.7. The number of carbonyl (C=O) groups excluding carboxylic acids is 2. The van der Waals surface area contributed by atoms with Crippen molar-refractivity contribution in [3.63, 3.8) is 0 Å². The minimum absolute atomic E-state index is 0.244. The number of hydrogen-bond donors (Lipinski definition) is 3. The van der Waals surface area contributed by atoms with Crippen molar-refractivity contribution in [3.05, 3.63) is 18.2 Å². The number of piperidine rings is 1. The van der Waals surface area contributed by atoms with Crippen molar-refractivity contribution in [2.24, 2.45) is 0 Å². The molecule has 1 unspecified atom stereocenters. The molecule has 1 aliphatic rings. The molecule has 1 aromatic heterocycles. The number of imide groups is 1. The number of aromatic amines is 1. The molecule has 0 bridgehead atoms. The van der Waals surface area contributed by atoms with E-state index in [0.717, 1.165) is 31.8 Å². The van der Waals surface area contributed by atoms with E-state index < -0.39 is 6.03 Å². The van der Waals surface area contributed by atoms with Gasteiger partial charge in [-0.15, -0.1) is 0 Å². The van der Waals surface area contributed by atoms with E-state index in [0.29, 0.717) is 12.5 Å². The van der Waals surface area contributed by atoms with Gasteiger partial charge in [-0.3, -0.25) is 15.0 Å². The number of aromatic nitrogens is 2. The van der Waals surface area contributed by atoms with E-state index in [1.807, 2.05) is 13.1 Å². The smallest absolute Gasteiger partial charge is 0.321 e. The molecule has 2 rings (SSSR count). The average Bonchev–Trinajstić information content (AvgIpc) is 2.92. The average molecular weight is 279 g/mol. The summed E-state index contributed by atoms with van der Waals surface area (Å²) in [4.78, 5) is 32.5. The summed E-state index contributed by atoms with van der Waals surface area (Å²) in [5, 5.41) is 4.86. The van der Waals surface area contributed by atoms with Gasteiger partial charge in [-0.25, -0.2) is 9.78 Å². The molecule has 0 radical (unpaired) electrons. The maximum absolute atomic E-state index is 11.8. The summed E-state index contributed by atoms with van der Waals surface area (Å²) in [6.45, 7) is 4.22. The van der Waals surface area contributed by atoms with Crippen LogP contribution in [0, 0.1) is 0 Å². The van der Waals surface area contributed by atoms with E-state index in [2.05, 4.69) is 25.5 Å². The van der Waals surface area contributed by atoms with Gasteiger partial charge in [0.15, 0.2) is 0 Å². The van der Waals surface area contributed by atoms with Gasteiger partial charge in [0.1, 0.15) is 5.82 Å². The van der Waals surface area contributed by atoms with Crippen LogP contribution in [0.3, 0.4) is 0 Å². The second kappa shape index (κ2) is 7.04. The molecule has 0 aromatic carbocycles. The normalized spacial score (nSPS) is 19.6. The fraction of sp³-hybridized carbons (Fsp3) is 0.615. The lowest BCUT2D eigenvalue weighted by atomic mass is 9.97. The third-order valence-electron chi connectivity index (χ3n) is 3.37. The number of likely N-dealkylation sites (tertiary alicyclic amines) is 1. The van der Waals surface area contributed by atoms with E-state index in [-0.39, 0.29) is 12.5 Å². The lowest BCUT2D eigenvalue weighted by molar-refractivity contribution is -0.121. The first-order valence-corrected chi connectivity index (χ1v) is 6.98.